The number of aliphatic hydroxyl groups is 1. The zero-order chi connectivity index (χ0) is 13.5. The molecule has 0 aromatic heterocycles. The van der Waals surface area contributed by atoms with Gasteiger partial charge >= 0.3 is 12.1 Å². The molecular weight excluding hydrogens is 251 g/mol. The van der Waals surface area contributed by atoms with Gasteiger partial charge in [0.1, 0.15) is 0 Å². The molecule has 0 aliphatic carbocycles. The van der Waals surface area contributed by atoms with Crippen molar-refractivity contribution in [2.75, 3.05) is 0 Å². The van der Waals surface area contributed by atoms with Crippen LogP contribution >= 0.6 is 0 Å². The minimum Gasteiger partial charge on any atom is -0.381 e. The van der Waals surface area contributed by atoms with Gasteiger partial charge in [-0.15, -0.1) is 0 Å². The summed E-state index contributed by atoms with van der Waals surface area (Å²) in [4.78, 5) is 2.71. The van der Waals surface area contributed by atoms with Crippen LogP contribution in [0.15, 0.2) is 17.3 Å². The van der Waals surface area contributed by atoms with Crippen LogP contribution in [0.3, 0.4) is 0 Å². The Hall–Kier alpha value is -1.71. The zero-order valence-corrected chi connectivity index (χ0v) is 8.02. The van der Waals surface area contributed by atoms with Crippen LogP contribution in [-0.2, 0) is 0 Å². The lowest BCUT2D eigenvalue weighted by Gasteiger charge is -2.33. The Bertz CT molecular complexity index is 402. The Morgan fingerprint density at radius 1 is 1.41 bits per heavy atom. The van der Waals surface area contributed by atoms with E-state index in [1.54, 1.807) is 0 Å². The summed E-state index contributed by atoms with van der Waals surface area (Å²) < 4.78 is 62.1. The van der Waals surface area contributed by atoms with Crippen molar-refractivity contribution in [2.24, 2.45) is 10.7 Å². The van der Waals surface area contributed by atoms with Gasteiger partial charge in [-0.1, -0.05) is 0 Å². The maximum Gasteiger partial charge on any atom is 0.458 e. The Labute approximate surface area is 91.3 Å². The molecule has 5 nitrogen and oxygen atoms in total. The van der Waals surface area contributed by atoms with E-state index in [4.69, 9.17) is 11.1 Å². The number of rotatable bonds is 2. The highest BCUT2D eigenvalue weighted by Crippen LogP contribution is 2.45. The van der Waals surface area contributed by atoms with E-state index >= 15 is 0 Å². The zero-order valence-electron chi connectivity index (χ0n) is 8.02. The van der Waals surface area contributed by atoms with Gasteiger partial charge in [-0.2, -0.15) is 22.0 Å². The van der Waals surface area contributed by atoms with E-state index in [2.05, 4.69) is 10.3 Å². The van der Waals surface area contributed by atoms with E-state index in [1.165, 1.54) is 0 Å². The highest BCUT2D eigenvalue weighted by Gasteiger charge is 2.70. The molecule has 5 N–H and O–H groups in total. The third-order valence-corrected chi connectivity index (χ3v) is 1.89. The molecule has 0 spiro atoms. The van der Waals surface area contributed by atoms with Crippen molar-refractivity contribution in [2.45, 2.75) is 17.8 Å². The van der Waals surface area contributed by atoms with Gasteiger partial charge in [0.05, 0.1) is 0 Å². The predicted octanol–water partition coefficient (Wildman–Crippen LogP) is 0.324. The number of amidine groups is 2. The van der Waals surface area contributed by atoms with Crippen molar-refractivity contribution in [1.29, 1.82) is 5.41 Å². The van der Waals surface area contributed by atoms with Crippen LogP contribution < -0.4 is 11.1 Å². The summed E-state index contributed by atoms with van der Waals surface area (Å²) in [5.74, 6) is -7.16. The van der Waals surface area contributed by atoms with Crippen LogP contribution in [0, 0.1) is 5.41 Å². The fourth-order valence-corrected chi connectivity index (χ4v) is 0.998. The first-order valence-corrected chi connectivity index (χ1v) is 4.07. The van der Waals surface area contributed by atoms with Gasteiger partial charge in [-0.05, 0) is 6.08 Å². The number of aliphatic imine (C=N–C) groups is 1. The van der Waals surface area contributed by atoms with E-state index in [0.717, 1.165) is 0 Å². The normalized spacial score (nSPS) is 25.2. The average Bonchev–Trinajstić information content (AvgIpc) is 2.15. The summed E-state index contributed by atoms with van der Waals surface area (Å²) in [5, 5.41) is 18.1. The van der Waals surface area contributed by atoms with Crippen molar-refractivity contribution in [3.8, 4) is 0 Å². The van der Waals surface area contributed by atoms with Crippen molar-refractivity contribution in [3.63, 3.8) is 0 Å². The van der Waals surface area contributed by atoms with Crippen molar-refractivity contribution < 1.29 is 27.1 Å². The van der Waals surface area contributed by atoms with Gasteiger partial charge in [0, 0.05) is 6.20 Å². The topological polar surface area (TPSA) is 94.5 Å². The molecule has 10 heteroatoms. The summed E-state index contributed by atoms with van der Waals surface area (Å²) in [6, 6.07) is 0. The molecule has 0 aromatic carbocycles. The maximum atomic E-state index is 13.0. The number of nitrogens with zero attached hydrogens (tertiary/aromatic N) is 1. The van der Waals surface area contributed by atoms with E-state index in [-0.39, 0.29) is 6.08 Å². The molecule has 1 aliphatic heterocycles. The molecule has 17 heavy (non-hydrogen) atoms. The molecule has 96 valence electrons. The molecule has 1 aliphatic rings. The van der Waals surface area contributed by atoms with E-state index in [0.29, 0.717) is 6.20 Å². The largest absolute Gasteiger partial charge is 0.458 e. The van der Waals surface area contributed by atoms with Crippen LogP contribution in [0.25, 0.3) is 0 Å². The molecule has 0 saturated heterocycles. The van der Waals surface area contributed by atoms with Crippen molar-refractivity contribution in [1.82, 2.24) is 5.32 Å². The average molecular weight is 258 g/mol. The Morgan fingerprint density at radius 3 is 2.35 bits per heavy atom. The summed E-state index contributed by atoms with van der Waals surface area (Å²) >= 11 is 0. The van der Waals surface area contributed by atoms with Gasteiger partial charge in [0.25, 0.3) is 5.72 Å². The standard InChI is InChI=1S/C7H7F5N4O/c8-6(9,7(10,11)12)5(17)1-2-15-4(16-5)3(13)14/h1-2,17H,(H3,13,14)(H,15,16). The van der Waals surface area contributed by atoms with Crippen molar-refractivity contribution in [3.05, 3.63) is 12.3 Å². The minimum absolute atomic E-state index is 0.132. The van der Waals surface area contributed by atoms with Crippen LogP contribution in [-0.4, -0.2) is 34.6 Å². The van der Waals surface area contributed by atoms with Gasteiger partial charge in [-0.3, -0.25) is 5.41 Å². The maximum absolute atomic E-state index is 13.0. The molecule has 0 bridgehead atoms. The Balaban J connectivity index is 3.23. The lowest BCUT2D eigenvalue weighted by Crippen LogP contribution is -2.57. The van der Waals surface area contributed by atoms with Gasteiger partial charge in [-0.25, -0.2) is 4.99 Å². The molecule has 0 aromatic rings. The quantitative estimate of drug-likeness (QED) is 0.326. The smallest absolute Gasteiger partial charge is 0.381 e. The monoisotopic (exact) mass is 258 g/mol. The van der Waals surface area contributed by atoms with Crippen LogP contribution in [0.2, 0.25) is 0 Å². The third-order valence-electron chi connectivity index (χ3n) is 1.89. The lowest BCUT2D eigenvalue weighted by molar-refractivity contribution is -0.329. The summed E-state index contributed by atoms with van der Waals surface area (Å²) in [6.45, 7) is 0. The molecule has 0 amide bonds. The Kier molecular flexibility index (Phi) is 2.87. The summed E-state index contributed by atoms with van der Waals surface area (Å²) in [6.07, 6.45) is -5.26. The number of nitrogens with one attached hydrogen (secondary N) is 2. The number of halogens is 5. The molecule has 1 unspecified atom stereocenters. The molecule has 0 radical (unpaired) electrons. The first kappa shape index (κ1) is 13.4. The number of hydrogen-bond acceptors (Lipinski definition) is 4. The van der Waals surface area contributed by atoms with Gasteiger partial charge < -0.3 is 16.2 Å². The highest BCUT2D eigenvalue weighted by molar-refractivity contribution is 6.39. The fourth-order valence-electron chi connectivity index (χ4n) is 0.998. The molecule has 1 rings (SSSR count). The second kappa shape index (κ2) is 3.65. The summed E-state index contributed by atoms with van der Waals surface area (Å²) in [7, 11) is 0. The fraction of sp³-hybridized carbons (Fsp3) is 0.429. The van der Waals surface area contributed by atoms with Crippen LogP contribution in [0.5, 0.6) is 0 Å². The second-order valence-corrected chi connectivity index (χ2v) is 3.15. The van der Waals surface area contributed by atoms with E-state index < -0.39 is 29.5 Å². The third kappa shape index (κ3) is 2.07. The van der Waals surface area contributed by atoms with E-state index in [9.17, 15) is 27.1 Å². The second-order valence-electron chi connectivity index (χ2n) is 3.15. The molecule has 0 saturated carbocycles. The summed E-state index contributed by atoms with van der Waals surface area (Å²) in [5.41, 5.74) is 1.04. The van der Waals surface area contributed by atoms with Gasteiger partial charge in [0.2, 0.25) is 0 Å². The van der Waals surface area contributed by atoms with Crippen LogP contribution in [0.1, 0.15) is 0 Å². The number of alkyl halides is 5. The molecule has 0 fully saturated rings. The SMILES string of the molecule is N=C(N)C1=NC(O)(C(F)(F)C(F)(F)F)C=CN1. The van der Waals surface area contributed by atoms with Gasteiger partial charge in [0.15, 0.2) is 11.7 Å². The number of hydrogen-bond donors (Lipinski definition) is 4. The minimum atomic E-state index is -5.99. The van der Waals surface area contributed by atoms with Crippen molar-refractivity contribution >= 4 is 11.7 Å². The first-order valence-electron chi connectivity index (χ1n) is 4.07. The Morgan fingerprint density at radius 2 is 1.94 bits per heavy atom. The first-order chi connectivity index (χ1) is 7.51. The molecule has 1 atom stereocenters. The van der Waals surface area contributed by atoms with E-state index in [1.807, 2.05) is 0 Å². The molecular formula is C7H7F5N4O. The van der Waals surface area contributed by atoms with Crippen LogP contribution in [0.4, 0.5) is 22.0 Å². The molecule has 1 heterocycles. The highest BCUT2D eigenvalue weighted by atomic mass is 19.4. The predicted molar refractivity (Wildman–Crippen MR) is 47.6 cm³/mol. The number of nitrogens with two attached hydrogens (primary N) is 1. The lowest BCUT2D eigenvalue weighted by atomic mass is 10.0.